The topological polar surface area (TPSA) is 75.1 Å². The fraction of sp³-hybridized carbons (Fsp3) is 0.933. The largest absolute Gasteiger partial charge is 0.462 e. The molecule has 1 aliphatic carbocycles. The van der Waals surface area contributed by atoms with Crippen LogP contribution in [0.4, 0.5) is 0 Å². The van der Waals surface area contributed by atoms with Crippen LogP contribution >= 0.6 is 0 Å². The highest BCUT2D eigenvalue weighted by Crippen LogP contribution is 2.52. The number of rotatable bonds is 4. The summed E-state index contributed by atoms with van der Waals surface area (Å²) in [5.41, 5.74) is 8.77. The standard InChI is InChI=1S/C15H25N3O2/c1-4-14(2,3)11-5-7-15(8-6-11)9-13(19)20-12(15)10-17-18-16/h11-12H,4-10H2,1-3H3. The van der Waals surface area contributed by atoms with Gasteiger partial charge in [0.05, 0.1) is 13.0 Å². The van der Waals surface area contributed by atoms with E-state index in [2.05, 4.69) is 30.8 Å². The highest BCUT2D eigenvalue weighted by molar-refractivity contribution is 5.73. The minimum absolute atomic E-state index is 0.0778. The first kappa shape index (κ1) is 15.2. The van der Waals surface area contributed by atoms with Gasteiger partial charge in [0, 0.05) is 10.3 Å². The number of hydrogen-bond acceptors (Lipinski definition) is 3. The van der Waals surface area contributed by atoms with Crippen molar-refractivity contribution in [3.05, 3.63) is 10.4 Å². The summed E-state index contributed by atoms with van der Waals surface area (Å²) in [6.45, 7) is 7.20. The number of azide groups is 1. The zero-order valence-corrected chi connectivity index (χ0v) is 12.8. The molecule has 1 heterocycles. The number of ether oxygens (including phenoxy) is 1. The monoisotopic (exact) mass is 279 g/mol. The number of hydrogen-bond donors (Lipinski definition) is 0. The van der Waals surface area contributed by atoms with E-state index in [0.717, 1.165) is 25.7 Å². The van der Waals surface area contributed by atoms with Crippen molar-refractivity contribution in [2.24, 2.45) is 21.9 Å². The molecule has 2 rings (SSSR count). The lowest BCUT2D eigenvalue weighted by molar-refractivity contribution is -0.141. The van der Waals surface area contributed by atoms with Crippen LogP contribution in [0.25, 0.3) is 10.4 Å². The Bertz CT molecular complexity index is 419. The van der Waals surface area contributed by atoms with Gasteiger partial charge in [0.25, 0.3) is 0 Å². The Morgan fingerprint density at radius 3 is 2.65 bits per heavy atom. The zero-order chi connectivity index (χ0) is 14.8. The van der Waals surface area contributed by atoms with Gasteiger partial charge in [-0.05, 0) is 42.5 Å². The summed E-state index contributed by atoms with van der Waals surface area (Å²) in [7, 11) is 0. The number of carbonyl (C=O) groups excluding carboxylic acids is 1. The number of carbonyl (C=O) groups is 1. The van der Waals surface area contributed by atoms with Crippen molar-refractivity contribution in [1.82, 2.24) is 0 Å². The maximum absolute atomic E-state index is 11.7. The second-order valence-corrected chi connectivity index (χ2v) is 7.05. The molecular formula is C15H25N3O2. The van der Waals surface area contributed by atoms with Gasteiger partial charge in [0.15, 0.2) is 0 Å². The molecule has 112 valence electrons. The second kappa shape index (κ2) is 5.65. The molecule has 0 aromatic rings. The van der Waals surface area contributed by atoms with E-state index in [9.17, 15) is 4.79 Å². The van der Waals surface area contributed by atoms with Crippen LogP contribution in [0.3, 0.4) is 0 Å². The molecule has 2 aliphatic rings. The molecule has 0 amide bonds. The molecule has 1 atom stereocenters. The fourth-order valence-corrected chi connectivity index (χ4v) is 3.83. The molecule has 0 radical (unpaired) electrons. The molecule has 0 aromatic carbocycles. The molecule has 5 heteroatoms. The van der Waals surface area contributed by atoms with E-state index in [-0.39, 0.29) is 24.0 Å². The molecule has 0 N–H and O–H groups in total. The quantitative estimate of drug-likeness (QED) is 0.334. The van der Waals surface area contributed by atoms with Crippen LogP contribution in [-0.2, 0) is 9.53 Å². The molecule has 1 spiro atoms. The lowest BCUT2D eigenvalue weighted by atomic mass is 9.61. The SMILES string of the molecule is CCC(C)(C)C1CCC2(CC1)CC(=O)OC2CN=[N+]=[N-]. The molecule has 5 nitrogen and oxygen atoms in total. The maximum atomic E-state index is 11.7. The van der Waals surface area contributed by atoms with Crippen molar-refractivity contribution < 1.29 is 9.53 Å². The minimum atomic E-state index is -0.211. The van der Waals surface area contributed by atoms with E-state index in [0.29, 0.717) is 17.8 Å². The van der Waals surface area contributed by atoms with Gasteiger partial charge in [-0.15, -0.1) is 0 Å². The molecule has 20 heavy (non-hydrogen) atoms. The third-order valence-electron chi connectivity index (χ3n) is 5.76. The van der Waals surface area contributed by atoms with Gasteiger partial charge in [-0.2, -0.15) is 0 Å². The zero-order valence-electron chi connectivity index (χ0n) is 12.8. The Kier molecular flexibility index (Phi) is 4.28. The molecule has 2 fully saturated rings. The van der Waals surface area contributed by atoms with Crippen molar-refractivity contribution >= 4 is 5.97 Å². The van der Waals surface area contributed by atoms with Crippen LogP contribution in [0.5, 0.6) is 0 Å². The van der Waals surface area contributed by atoms with Gasteiger partial charge in [0.1, 0.15) is 6.10 Å². The van der Waals surface area contributed by atoms with Crippen LogP contribution in [0.15, 0.2) is 5.11 Å². The Morgan fingerprint density at radius 1 is 1.45 bits per heavy atom. The molecule has 1 saturated heterocycles. The number of nitrogens with zero attached hydrogens (tertiary/aromatic N) is 3. The smallest absolute Gasteiger partial charge is 0.306 e. The predicted octanol–water partition coefficient (Wildman–Crippen LogP) is 4.23. The van der Waals surface area contributed by atoms with E-state index in [1.807, 2.05) is 0 Å². The van der Waals surface area contributed by atoms with E-state index < -0.39 is 0 Å². The van der Waals surface area contributed by atoms with Crippen molar-refractivity contribution in [2.45, 2.75) is 65.4 Å². The van der Waals surface area contributed by atoms with Crippen LogP contribution in [0, 0.1) is 16.7 Å². The van der Waals surface area contributed by atoms with Gasteiger partial charge in [-0.1, -0.05) is 32.3 Å². The Labute approximate surface area is 120 Å². The summed E-state index contributed by atoms with van der Waals surface area (Å²) in [5, 5.41) is 3.63. The second-order valence-electron chi connectivity index (χ2n) is 7.05. The third kappa shape index (κ3) is 2.78. The van der Waals surface area contributed by atoms with Crippen molar-refractivity contribution in [3.8, 4) is 0 Å². The van der Waals surface area contributed by atoms with Gasteiger partial charge in [0.2, 0.25) is 0 Å². The van der Waals surface area contributed by atoms with E-state index in [1.165, 1.54) is 6.42 Å². The molecule has 0 aromatic heterocycles. The Hall–Kier alpha value is -1.22. The van der Waals surface area contributed by atoms with Gasteiger partial charge >= 0.3 is 5.97 Å². The van der Waals surface area contributed by atoms with Crippen LogP contribution in [-0.4, -0.2) is 18.6 Å². The van der Waals surface area contributed by atoms with E-state index in [1.54, 1.807) is 0 Å². The minimum Gasteiger partial charge on any atom is -0.462 e. The number of cyclic esters (lactones) is 1. The first-order valence-electron chi connectivity index (χ1n) is 7.64. The van der Waals surface area contributed by atoms with Gasteiger partial charge < -0.3 is 4.74 Å². The van der Waals surface area contributed by atoms with E-state index >= 15 is 0 Å². The summed E-state index contributed by atoms with van der Waals surface area (Å²) >= 11 is 0. The molecule has 1 unspecified atom stereocenters. The first-order chi connectivity index (χ1) is 9.43. The maximum Gasteiger partial charge on any atom is 0.306 e. The van der Waals surface area contributed by atoms with Gasteiger partial charge in [-0.25, -0.2) is 0 Å². The Balaban J connectivity index is 2.06. The summed E-state index contributed by atoms with van der Waals surface area (Å²) in [6, 6.07) is 0. The summed E-state index contributed by atoms with van der Waals surface area (Å²) < 4.78 is 5.40. The molecule has 1 aliphatic heterocycles. The fourth-order valence-electron chi connectivity index (χ4n) is 3.83. The van der Waals surface area contributed by atoms with Crippen LogP contribution < -0.4 is 0 Å². The number of esters is 1. The summed E-state index contributed by atoms with van der Waals surface area (Å²) in [5.74, 6) is 0.588. The normalized spacial score (nSPS) is 33.9. The van der Waals surface area contributed by atoms with Crippen molar-refractivity contribution in [1.29, 1.82) is 0 Å². The van der Waals surface area contributed by atoms with Crippen molar-refractivity contribution in [3.63, 3.8) is 0 Å². The highest BCUT2D eigenvalue weighted by atomic mass is 16.6. The van der Waals surface area contributed by atoms with E-state index in [4.69, 9.17) is 10.3 Å². The molecular weight excluding hydrogens is 254 g/mol. The molecule has 1 saturated carbocycles. The third-order valence-corrected chi connectivity index (χ3v) is 5.76. The highest BCUT2D eigenvalue weighted by Gasteiger charge is 2.51. The summed E-state index contributed by atoms with van der Waals surface area (Å²) in [6.07, 6.45) is 5.78. The lowest BCUT2D eigenvalue weighted by Crippen LogP contribution is -2.39. The first-order valence-corrected chi connectivity index (χ1v) is 7.64. The average molecular weight is 279 g/mol. The predicted molar refractivity (Wildman–Crippen MR) is 77.0 cm³/mol. The summed E-state index contributed by atoms with van der Waals surface area (Å²) in [4.78, 5) is 14.5. The Morgan fingerprint density at radius 2 is 2.10 bits per heavy atom. The van der Waals surface area contributed by atoms with Crippen LogP contribution in [0.2, 0.25) is 0 Å². The molecule has 0 bridgehead atoms. The van der Waals surface area contributed by atoms with Gasteiger partial charge in [-0.3, -0.25) is 4.79 Å². The lowest BCUT2D eigenvalue weighted by Gasteiger charge is -2.44. The van der Waals surface area contributed by atoms with Crippen molar-refractivity contribution in [2.75, 3.05) is 6.54 Å². The van der Waals surface area contributed by atoms with Crippen LogP contribution in [0.1, 0.15) is 59.3 Å². The average Bonchev–Trinajstić information content (AvgIpc) is 2.72.